The Morgan fingerprint density at radius 2 is 1.89 bits per heavy atom. The van der Waals surface area contributed by atoms with Crippen molar-refractivity contribution in [2.75, 3.05) is 26.0 Å². The summed E-state index contributed by atoms with van der Waals surface area (Å²) < 4.78 is 25.8. The molecule has 0 saturated carbocycles. The van der Waals surface area contributed by atoms with E-state index >= 15 is 0 Å². The minimum Gasteiger partial charge on any atom is -0.396 e. The topological polar surface area (TPSA) is 92.5 Å². The van der Waals surface area contributed by atoms with E-state index in [2.05, 4.69) is 5.10 Å². The van der Waals surface area contributed by atoms with E-state index in [9.17, 15) is 18.3 Å². The van der Waals surface area contributed by atoms with Gasteiger partial charge in [-0.15, -0.1) is 11.3 Å². The first-order valence-electron chi connectivity index (χ1n) is 11.9. The molecule has 1 fully saturated rings. The molecule has 3 heterocycles. The number of nitrogens with zero attached hydrogens (tertiary/aromatic N) is 3. The molecule has 192 valence electrons. The van der Waals surface area contributed by atoms with E-state index in [1.165, 1.54) is 17.6 Å². The van der Waals surface area contributed by atoms with Crippen molar-refractivity contribution in [2.24, 2.45) is 5.92 Å². The van der Waals surface area contributed by atoms with Crippen molar-refractivity contribution in [1.82, 2.24) is 14.7 Å². The number of hydrogen-bond acceptors (Lipinski definition) is 6. The average molecular weight is 556 g/mol. The number of aliphatic hydroxyl groups excluding tert-OH is 1. The maximum absolute atomic E-state index is 13.4. The highest BCUT2D eigenvalue weighted by Gasteiger charge is 2.27. The van der Waals surface area contributed by atoms with Gasteiger partial charge < -0.3 is 10.0 Å². The van der Waals surface area contributed by atoms with Crippen LogP contribution in [0.4, 0.5) is 0 Å². The maximum atomic E-state index is 13.4. The van der Waals surface area contributed by atoms with Crippen molar-refractivity contribution >= 4 is 38.7 Å². The number of sulfone groups is 1. The molecular formula is C27H26ClN3O4S2. The molecule has 1 unspecified atom stereocenters. The normalized spacial score (nSPS) is 16.2. The van der Waals surface area contributed by atoms with Gasteiger partial charge in [0.1, 0.15) is 0 Å². The summed E-state index contributed by atoms with van der Waals surface area (Å²) in [4.78, 5) is 17.2. The van der Waals surface area contributed by atoms with E-state index in [0.29, 0.717) is 35.2 Å². The number of aliphatic hydroxyl groups is 1. The van der Waals surface area contributed by atoms with Gasteiger partial charge in [0.25, 0.3) is 5.91 Å². The van der Waals surface area contributed by atoms with Crippen LogP contribution in [0, 0.1) is 5.92 Å². The first kappa shape index (κ1) is 25.7. The molecule has 1 atom stereocenters. The van der Waals surface area contributed by atoms with Crippen LogP contribution in [0.15, 0.2) is 71.6 Å². The Morgan fingerprint density at radius 3 is 2.65 bits per heavy atom. The highest BCUT2D eigenvalue weighted by atomic mass is 35.5. The van der Waals surface area contributed by atoms with Crippen LogP contribution in [0.25, 0.3) is 26.7 Å². The number of hydrogen-bond donors (Lipinski definition) is 1. The second-order valence-electron chi connectivity index (χ2n) is 9.18. The van der Waals surface area contributed by atoms with Crippen molar-refractivity contribution in [3.63, 3.8) is 0 Å². The number of rotatable bonds is 6. The van der Waals surface area contributed by atoms with Crippen LogP contribution in [0.2, 0.25) is 5.02 Å². The summed E-state index contributed by atoms with van der Waals surface area (Å²) in [5, 5.41) is 14.8. The largest absolute Gasteiger partial charge is 0.396 e. The predicted octanol–water partition coefficient (Wildman–Crippen LogP) is 5.17. The molecule has 1 N–H and O–H groups in total. The van der Waals surface area contributed by atoms with E-state index in [-0.39, 0.29) is 23.3 Å². The van der Waals surface area contributed by atoms with Crippen LogP contribution >= 0.6 is 22.9 Å². The van der Waals surface area contributed by atoms with Crippen molar-refractivity contribution < 1.29 is 18.3 Å². The number of carbonyl (C=O) groups excluding carboxylic acids is 1. The minimum absolute atomic E-state index is 0.0571. The molecule has 0 aliphatic carbocycles. The summed E-state index contributed by atoms with van der Waals surface area (Å²) in [6.45, 7) is 1.19. The summed E-state index contributed by atoms with van der Waals surface area (Å²) in [6.07, 6.45) is 2.94. The van der Waals surface area contributed by atoms with Crippen molar-refractivity contribution in [3.8, 4) is 26.7 Å². The van der Waals surface area contributed by atoms with Gasteiger partial charge in [-0.25, -0.2) is 13.1 Å². The summed E-state index contributed by atoms with van der Waals surface area (Å²) in [6, 6.07) is 19.8. The Bertz CT molecular complexity index is 1560. The molecular weight excluding hydrogens is 530 g/mol. The lowest BCUT2D eigenvalue weighted by atomic mass is 9.99. The van der Waals surface area contributed by atoms with Crippen molar-refractivity contribution in [3.05, 3.63) is 77.4 Å². The first-order chi connectivity index (χ1) is 17.7. The third-order valence-electron chi connectivity index (χ3n) is 6.48. The van der Waals surface area contributed by atoms with Gasteiger partial charge in [0, 0.05) is 30.8 Å². The zero-order chi connectivity index (χ0) is 26.2. The number of benzene rings is 2. The fourth-order valence-electron chi connectivity index (χ4n) is 4.54. The van der Waals surface area contributed by atoms with Crippen molar-refractivity contribution in [2.45, 2.75) is 17.7 Å². The highest BCUT2D eigenvalue weighted by molar-refractivity contribution is 7.90. The number of piperidine rings is 1. The molecule has 0 radical (unpaired) electrons. The Hall–Kier alpha value is -2.98. The number of likely N-dealkylation sites (tertiary alicyclic amines) is 1. The molecule has 1 aliphatic rings. The van der Waals surface area contributed by atoms with E-state index in [0.717, 1.165) is 28.2 Å². The molecule has 2 aromatic carbocycles. The molecule has 0 spiro atoms. The van der Waals surface area contributed by atoms with E-state index in [1.807, 2.05) is 36.4 Å². The van der Waals surface area contributed by atoms with E-state index < -0.39 is 9.84 Å². The van der Waals surface area contributed by atoms with Crippen LogP contribution in [-0.4, -0.2) is 60.1 Å². The summed E-state index contributed by atoms with van der Waals surface area (Å²) in [7, 11) is -3.33. The number of aromatic nitrogens is 2. The van der Waals surface area contributed by atoms with Gasteiger partial charge >= 0.3 is 0 Å². The molecule has 1 amide bonds. The minimum atomic E-state index is -3.33. The predicted molar refractivity (Wildman–Crippen MR) is 146 cm³/mol. The van der Waals surface area contributed by atoms with Crippen LogP contribution in [0.3, 0.4) is 0 Å². The molecule has 2 aromatic heterocycles. The van der Waals surface area contributed by atoms with Crippen LogP contribution in [0.1, 0.15) is 23.3 Å². The molecule has 4 aromatic rings. The summed E-state index contributed by atoms with van der Waals surface area (Å²) in [5.74, 6) is -0.104. The van der Waals surface area contributed by atoms with Crippen LogP contribution in [0.5, 0.6) is 0 Å². The van der Waals surface area contributed by atoms with Gasteiger partial charge in [-0.2, -0.15) is 5.10 Å². The number of thiophene rings is 1. The van der Waals surface area contributed by atoms with E-state index in [4.69, 9.17) is 11.6 Å². The molecule has 10 heteroatoms. The van der Waals surface area contributed by atoms with Gasteiger partial charge in [-0.05, 0) is 66.8 Å². The fraction of sp³-hybridized carbons (Fsp3) is 0.259. The van der Waals surface area contributed by atoms with Gasteiger partial charge in [0.05, 0.1) is 26.2 Å². The highest BCUT2D eigenvalue weighted by Crippen LogP contribution is 2.37. The Kier molecular flexibility index (Phi) is 7.22. The molecule has 7 nitrogen and oxygen atoms in total. The third-order valence-corrected chi connectivity index (χ3v) is 9.07. The quantitative estimate of drug-likeness (QED) is 0.354. The van der Waals surface area contributed by atoms with E-state index in [1.54, 1.807) is 39.9 Å². The lowest BCUT2D eigenvalue weighted by molar-refractivity contribution is 0.0614. The lowest BCUT2D eigenvalue weighted by Crippen LogP contribution is -2.41. The molecule has 1 aliphatic heterocycles. The Labute approximate surface area is 224 Å². The standard InChI is InChI=1S/C27H26ClN3O4S2/c1-37(34,35)20-8-4-7-19(14-20)25-11-12-26(36-25)24-15-22(27(33)30-13-5-6-18(16-30)17-32)29-31(24)23-10-3-2-9-21(23)28/h2-4,7-12,14-15,18,32H,5-6,13,16-17H2,1H3. The third kappa shape index (κ3) is 5.36. The van der Waals surface area contributed by atoms with Crippen LogP contribution < -0.4 is 0 Å². The monoisotopic (exact) mass is 555 g/mol. The van der Waals surface area contributed by atoms with Gasteiger partial charge in [-0.1, -0.05) is 35.9 Å². The number of halogens is 1. The maximum Gasteiger partial charge on any atom is 0.274 e. The molecule has 1 saturated heterocycles. The zero-order valence-electron chi connectivity index (χ0n) is 20.2. The molecule has 37 heavy (non-hydrogen) atoms. The Morgan fingerprint density at radius 1 is 1.11 bits per heavy atom. The van der Waals surface area contributed by atoms with Gasteiger partial charge in [-0.3, -0.25) is 4.79 Å². The van der Waals surface area contributed by atoms with Crippen LogP contribution in [-0.2, 0) is 9.84 Å². The SMILES string of the molecule is CS(=O)(=O)c1cccc(-c2ccc(-c3cc(C(=O)N4CCCC(CO)C4)nn3-c3ccccc3Cl)s2)c1. The zero-order valence-corrected chi connectivity index (χ0v) is 22.6. The summed E-state index contributed by atoms with van der Waals surface area (Å²) >= 11 is 8.00. The van der Waals surface area contributed by atoms with Gasteiger partial charge in [0.15, 0.2) is 15.5 Å². The fourth-order valence-corrected chi connectivity index (χ4v) is 6.43. The second-order valence-corrected chi connectivity index (χ2v) is 12.7. The Balaban J connectivity index is 1.56. The lowest BCUT2D eigenvalue weighted by Gasteiger charge is -2.31. The number of amides is 1. The second kappa shape index (κ2) is 10.4. The summed E-state index contributed by atoms with van der Waals surface area (Å²) in [5.41, 5.74) is 2.46. The van der Waals surface area contributed by atoms with Gasteiger partial charge in [0.2, 0.25) is 0 Å². The molecule has 5 rings (SSSR count). The smallest absolute Gasteiger partial charge is 0.274 e. The average Bonchev–Trinajstić information content (AvgIpc) is 3.56. The number of para-hydroxylation sites is 1. The first-order valence-corrected chi connectivity index (χ1v) is 15.0. The molecule has 0 bridgehead atoms. The number of carbonyl (C=O) groups is 1. The van der Waals surface area contributed by atoms with Crippen molar-refractivity contribution in [1.29, 1.82) is 0 Å².